The van der Waals surface area contributed by atoms with Crippen LogP contribution in [0, 0.1) is 5.82 Å². The molecule has 0 saturated carbocycles. The lowest BCUT2D eigenvalue weighted by Crippen LogP contribution is -2.25. The highest BCUT2D eigenvalue weighted by Gasteiger charge is 2.12. The van der Waals surface area contributed by atoms with Gasteiger partial charge in [-0.15, -0.1) is 0 Å². The summed E-state index contributed by atoms with van der Waals surface area (Å²) in [5, 5.41) is 9.33. The largest absolute Gasteiger partial charge is 0.389 e. The van der Waals surface area contributed by atoms with Gasteiger partial charge >= 0.3 is 0 Å². The molecule has 0 amide bonds. The Kier molecular flexibility index (Phi) is 4.70. The molecule has 102 valence electrons. The maximum atomic E-state index is 13.8. The monoisotopic (exact) mass is 275 g/mol. The van der Waals surface area contributed by atoms with Crippen molar-refractivity contribution >= 4 is 15.5 Å². The Bertz CT molecular complexity index is 514. The van der Waals surface area contributed by atoms with E-state index >= 15 is 0 Å². The summed E-state index contributed by atoms with van der Waals surface area (Å²) < 4.78 is 35.9. The molecule has 0 spiro atoms. The van der Waals surface area contributed by atoms with E-state index in [2.05, 4.69) is 0 Å². The highest BCUT2D eigenvalue weighted by Crippen LogP contribution is 2.22. The van der Waals surface area contributed by atoms with Crippen molar-refractivity contribution in [1.29, 1.82) is 0 Å². The minimum atomic E-state index is -3.07. The Morgan fingerprint density at radius 3 is 2.50 bits per heavy atom. The van der Waals surface area contributed by atoms with Gasteiger partial charge in [-0.25, -0.2) is 12.8 Å². The third-order valence-corrected chi connectivity index (χ3v) is 3.59. The molecule has 18 heavy (non-hydrogen) atoms. The molecule has 4 nitrogen and oxygen atoms in total. The number of sulfone groups is 1. The number of aliphatic hydroxyl groups is 1. The number of hydrogen-bond acceptors (Lipinski definition) is 4. The Morgan fingerprint density at radius 2 is 2.06 bits per heavy atom. The van der Waals surface area contributed by atoms with Gasteiger partial charge in [0, 0.05) is 19.8 Å². The van der Waals surface area contributed by atoms with Crippen LogP contribution in [-0.2, 0) is 9.84 Å². The Labute approximate surface area is 107 Å². The predicted molar refractivity (Wildman–Crippen MR) is 70.0 cm³/mol. The molecule has 0 heterocycles. The highest BCUT2D eigenvalue weighted by molar-refractivity contribution is 7.90. The fourth-order valence-electron chi connectivity index (χ4n) is 1.52. The van der Waals surface area contributed by atoms with Gasteiger partial charge in [0.15, 0.2) is 0 Å². The molecule has 0 aromatic heterocycles. The number of benzene rings is 1. The maximum Gasteiger partial charge on any atom is 0.149 e. The first kappa shape index (κ1) is 14.9. The standard InChI is InChI=1S/C12H18FNO3S/c1-9(15)10-4-5-12(11(13)8-10)14(2)6-7-18(3,16)17/h4-5,8-9,15H,6-7H2,1-3H3/t9-/m0/s1. The Hall–Kier alpha value is -1.14. The molecule has 0 bridgehead atoms. The quantitative estimate of drug-likeness (QED) is 0.881. The minimum Gasteiger partial charge on any atom is -0.389 e. The van der Waals surface area contributed by atoms with Crippen LogP contribution in [0.3, 0.4) is 0 Å². The summed E-state index contributed by atoms with van der Waals surface area (Å²) in [4.78, 5) is 1.54. The SMILES string of the molecule is C[C@H](O)c1ccc(N(C)CCS(C)(=O)=O)c(F)c1. The van der Waals surface area contributed by atoms with E-state index in [-0.39, 0.29) is 12.3 Å². The number of aliphatic hydroxyl groups excluding tert-OH is 1. The molecule has 1 rings (SSSR count). The zero-order valence-corrected chi connectivity index (χ0v) is 11.5. The van der Waals surface area contributed by atoms with E-state index in [1.165, 1.54) is 6.07 Å². The molecule has 0 aliphatic rings. The molecule has 0 aliphatic carbocycles. The van der Waals surface area contributed by atoms with E-state index in [0.29, 0.717) is 11.3 Å². The van der Waals surface area contributed by atoms with Crippen LogP contribution in [0.2, 0.25) is 0 Å². The normalized spacial score (nSPS) is 13.4. The van der Waals surface area contributed by atoms with Gasteiger partial charge in [-0.05, 0) is 24.6 Å². The molecular formula is C12H18FNO3S. The third kappa shape index (κ3) is 4.27. The second-order valence-corrected chi connectivity index (χ2v) is 6.70. The molecule has 6 heteroatoms. The van der Waals surface area contributed by atoms with Gasteiger partial charge < -0.3 is 10.0 Å². The molecule has 0 fully saturated rings. The summed E-state index contributed by atoms with van der Waals surface area (Å²) in [5.74, 6) is -0.495. The second kappa shape index (κ2) is 5.67. The summed E-state index contributed by atoms with van der Waals surface area (Å²) in [6.45, 7) is 1.78. The van der Waals surface area contributed by atoms with Crippen LogP contribution in [0.1, 0.15) is 18.6 Å². The lowest BCUT2D eigenvalue weighted by molar-refractivity contribution is 0.199. The molecule has 0 unspecified atom stereocenters. The predicted octanol–water partition coefficient (Wildman–Crippen LogP) is 1.36. The molecule has 0 aliphatic heterocycles. The van der Waals surface area contributed by atoms with Crippen LogP contribution in [0.25, 0.3) is 0 Å². The lowest BCUT2D eigenvalue weighted by Gasteiger charge is -2.20. The van der Waals surface area contributed by atoms with E-state index in [1.807, 2.05) is 0 Å². The van der Waals surface area contributed by atoms with E-state index in [1.54, 1.807) is 31.0 Å². The van der Waals surface area contributed by atoms with Gasteiger partial charge in [-0.3, -0.25) is 0 Å². The van der Waals surface area contributed by atoms with Gasteiger partial charge in [0.25, 0.3) is 0 Å². The average molecular weight is 275 g/mol. The third-order valence-electron chi connectivity index (χ3n) is 2.66. The van der Waals surface area contributed by atoms with Crippen LogP contribution >= 0.6 is 0 Å². The molecular weight excluding hydrogens is 257 g/mol. The van der Waals surface area contributed by atoms with Crippen LogP contribution in [-0.4, -0.2) is 39.1 Å². The Morgan fingerprint density at radius 1 is 1.44 bits per heavy atom. The van der Waals surface area contributed by atoms with Gasteiger partial charge in [-0.2, -0.15) is 0 Å². The average Bonchev–Trinajstić information content (AvgIpc) is 2.24. The van der Waals surface area contributed by atoms with Crippen LogP contribution in [0.15, 0.2) is 18.2 Å². The number of anilines is 1. The van der Waals surface area contributed by atoms with Gasteiger partial charge in [0.2, 0.25) is 0 Å². The first-order valence-electron chi connectivity index (χ1n) is 5.57. The van der Waals surface area contributed by atoms with Gasteiger partial charge in [-0.1, -0.05) is 6.07 Å². The van der Waals surface area contributed by atoms with Crippen LogP contribution in [0.5, 0.6) is 0 Å². The van der Waals surface area contributed by atoms with Crippen LogP contribution in [0.4, 0.5) is 10.1 Å². The maximum absolute atomic E-state index is 13.8. The van der Waals surface area contributed by atoms with E-state index in [0.717, 1.165) is 6.26 Å². The highest BCUT2D eigenvalue weighted by atomic mass is 32.2. The van der Waals surface area contributed by atoms with Crippen molar-refractivity contribution in [1.82, 2.24) is 0 Å². The van der Waals surface area contributed by atoms with Crippen molar-refractivity contribution in [3.63, 3.8) is 0 Å². The summed E-state index contributed by atoms with van der Waals surface area (Å²) in [6.07, 6.45) is 0.420. The summed E-state index contributed by atoms with van der Waals surface area (Å²) in [6, 6.07) is 4.43. The smallest absolute Gasteiger partial charge is 0.149 e. The van der Waals surface area contributed by atoms with E-state index in [4.69, 9.17) is 0 Å². The van der Waals surface area contributed by atoms with Gasteiger partial charge in [0.05, 0.1) is 17.5 Å². The van der Waals surface area contributed by atoms with Crippen molar-refractivity contribution in [2.75, 3.05) is 30.5 Å². The number of rotatable bonds is 5. The van der Waals surface area contributed by atoms with Crippen molar-refractivity contribution in [3.8, 4) is 0 Å². The van der Waals surface area contributed by atoms with Crippen LogP contribution < -0.4 is 4.90 Å². The van der Waals surface area contributed by atoms with E-state index in [9.17, 15) is 17.9 Å². The molecule has 1 aromatic rings. The van der Waals surface area contributed by atoms with Crippen molar-refractivity contribution < 1.29 is 17.9 Å². The van der Waals surface area contributed by atoms with Gasteiger partial charge in [0.1, 0.15) is 15.7 Å². The lowest BCUT2D eigenvalue weighted by atomic mass is 10.1. The number of nitrogens with zero attached hydrogens (tertiary/aromatic N) is 1. The fourth-order valence-corrected chi connectivity index (χ4v) is 2.12. The second-order valence-electron chi connectivity index (χ2n) is 4.44. The molecule has 1 N–H and O–H groups in total. The van der Waals surface area contributed by atoms with Crippen molar-refractivity contribution in [2.45, 2.75) is 13.0 Å². The van der Waals surface area contributed by atoms with Crippen molar-refractivity contribution in [2.24, 2.45) is 0 Å². The molecule has 0 saturated heterocycles. The topological polar surface area (TPSA) is 57.6 Å². The zero-order chi connectivity index (χ0) is 13.9. The summed E-state index contributed by atoms with van der Waals surface area (Å²) in [7, 11) is -1.44. The first-order chi connectivity index (χ1) is 8.20. The minimum absolute atomic E-state index is 0.0267. The first-order valence-corrected chi connectivity index (χ1v) is 7.63. The molecule has 0 radical (unpaired) electrons. The number of hydrogen-bond donors (Lipinski definition) is 1. The summed E-state index contributed by atoms with van der Waals surface area (Å²) in [5.41, 5.74) is 0.816. The van der Waals surface area contributed by atoms with E-state index < -0.39 is 21.8 Å². The molecule has 1 atom stereocenters. The number of halogens is 1. The van der Waals surface area contributed by atoms with Crippen molar-refractivity contribution in [3.05, 3.63) is 29.6 Å². The zero-order valence-electron chi connectivity index (χ0n) is 10.7. The molecule has 1 aromatic carbocycles. The fraction of sp³-hybridized carbons (Fsp3) is 0.500. The Balaban J connectivity index is 2.84. The summed E-state index contributed by atoms with van der Waals surface area (Å²) >= 11 is 0.